The van der Waals surface area contributed by atoms with E-state index in [1.54, 1.807) is 62.8 Å². The van der Waals surface area contributed by atoms with Gasteiger partial charge in [0.25, 0.3) is 0 Å². The Hall–Kier alpha value is -7.83. The predicted octanol–water partition coefficient (Wildman–Crippen LogP) is 5.53. The van der Waals surface area contributed by atoms with Gasteiger partial charge in [0, 0.05) is 127 Å². The number of carboxylic acid groups (broad SMARTS) is 1. The van der Waals surface area contributed by atoms with E-state index in [-0.39, 0.29) is 36.9 Å². The number of aliphatic carboxylic acids is 1. The summed E-state index contributed by atoms with van der Waals surface area (Å²) in [6.07, 6.45) is 11.1. The summed E-state index contributed by atoms with van der Waals surface area (Å²) >= 11 is 0. The number of nitrogens with two attached hydrogens (primary N) is 1. The predicted molar refractivity (Wildman–Crippen MR) is 247 cm³/mol. The quantitative estimate of drug-likeness (QED) is 0.162. The van der Waals surface area contributed by atoms with Crippen molar-refractivity contribution in [2.24, 2.45) is 0 Å². The summed E-state index contributed by atoms with van der Waals surface area (Å²) < 4.78 is 41.7. The molecule has 2 aliphatic rings. The molecule has 0 spiro atoms. The summed E-state index contributed by atoms with van der Waals surface area (Å²) in [6, 6.07) is 18.9. The molecular formula is C48H52F3N11O5. The first-order valence-electron chi connectivity index (χ1n) is 21.8. The number of halogens is 3. The molecule has 67 heavy (non-hydrogen) atoms. The van der Waals surface area contributed by atoms with Crippen LogP contribution in [0, 0.1) is 11.8 Å². The van der Waals surface area contributed by atoms with Crippen LogP contribution < -0.4 is 15.5 Å². The number of rotatable bonds is 10. The molecule has 2 fully saturated rings. The Morgan fingerprint density at radius 1 is 0.627 bits per heavy atom. The van der Waals surface area contributed by atoms with E-state index >= 15 is 0 Å². The highest BCUT2D eigenvalue weighted by Gasteiger charge is 2.20. The van der Waals surface area contributed by atoms with Crippen LogP contribution in [0.25, 0.3) is 22.5 Å². The standard InChI is InChI=1S/C24H24FN5O2.C12H9FN2O2.C11H16N4O.CH3F/c1-17(31)29-8-10-30(11-9-29)21-4-3-20(27-16-21)14-22(32)12-18-2-5-23(28-15-18)19-6-7-26-24(25)13-19;13-10-4-9(6-14-7-10)11-2-1-8(5-15-11)3-12(16)17;1-9(16)14-4-6-15(7-5-14)10-2-3-11(12)13-8-10;1-2/h2-7,13,15-16H,8-12,14H2,1H3;1-2,4-7H,3H2,(H,16,17);2-3,8H,4-7H2,1H3,(H2,12,13);1H3/i;;;1D. The van der Waals surface area contributed by atoms with Gasteiger partial charge in [-0.25, -0.2) is 14.4 Å². The van der Waals surface area contributed by atoms with Crippen LogP contribution in [0.1, 0.15) is 32.0 Å². The highest BCUT2D eigenvalue weighted by atomic mass is 19.1. The summed E-state index contributed by atoms with van der Waals surface area (Å²) in [5, 5.41) is 8.60. The van der Waals surface area contributed by atoms with Gasteiger partial charge in [0.15, 0.2) is 0 Å². The molecule has 19 heteroatoms. The van der Waals surface area contributed by atoms with E-state index in [9.17, 15) is 32.3 Å². The molecule has 0 unspecified atom stereocenters. The second-order valence-corrected chi connectivity index (χ2v) is 15.3. The fourth-order valence-electron chi connectivity index (χ4n) is 7.03. The summed E-state index contributed by atoms with van der Waals surface area (Å²) in [7, 11) is -1.00. The normalized spacial score (nSPS) is 13.4. The first-order chi connectivity index (χ1) is 32.7. The van der Waals surface area contributed by atoms with Crippen molar-refractivity contribution in [3.8, 4) is 22.5 Å². The third kappa shape index (κ3) is 15.7. The molecule has 0 radical (unpaired) electrons. The lowest BCUT2D eigenvalue weighted by atomic mass is 10.1. The number of Topliss-reactive ketones (excluding diaryl/α,β-unsaturated/α-hetero) is 1. The van der Waals surface area contributed by atoms with Gasteiger partial charge in [-0.1, -0.05) is 12.1 Å². The van der Waals surface area contributed by atoms with Crippen LogP contribution in [0.4, 0.5) is 30.4 Å². The number of anilines is 3. The number of alkyl halides is 1. The lowest BCUT2D eigenvalue weighted by Gasteiger charge is -2.35. The van der Waals surface area contributed by atoms with E-state index in [4.69, 9.17) is 12.2 Å². The van der Waals surface area contributed by atoms with Gasteiger partial charge in [-0.3, -0.25) is 43.5 Å². The number of carboxylic acids is 1. The number of nitrogen functional groups attached to an aromatic ring is 1. The van der Waals surface area contributed by atoms with Crippen molar-refractivity contribution < 1.29 is 38.8 Å². The highest BCUT2D eigenvalue weighted by molar-refractivity contribution is 5.83. The van der Waals surface area contributed by atoms with Gasteiger partial charge >= 0.3 is 5.97 Å². The zero-order valence-corrected chi connectivity index (χ0v) is 37.1. The molecule has 0 bridgehead atoms. The average molecular weight is 921 g/mol. The van der Waals surface area contributed by atoms with E-state index in [0.29, 0.717) is 47.0 Å². The first-order valence-corrected chi connectivity index (χ1v) is 21.1. The molecule has 0 aromatic carbocycles. The van der Waals surface area contributed by atoms with Gasteiger partial charge in [-0.2, -0.15) is 4.39 Å². The molecule has 2 amide bonds. The highest BCUT2D eigenvalue weighted by Crippen LogP contribution is 2.20. The molecule has 6 aromatic heterocycles. The maximum Gasteiger partial charge on any atom is 0.307 e. The number of hydrogen-bond donors (Lipinski definition) is 2. The molecule has 0 atom stereocenters. The zero-order valence-electron chi connectivity index (χ0n) is 38.1. The molecule has 0 saturated carbocycles. The van der Waals surface area contributed by atoms with E-state index in [2.05, 4.69) is 39.7 Å². The number of carbonyl (C=O) groups excluding carboxylic acids is 3. The zero-order chi connectivity index (χ0) is 49.0. The molecule has 2 aliphatic heterocycles. The lowest BCUT2D eigenvalue weighted by molar-refractivity contribution is -0.136. The molecule has 0 aliphatic carbocycles. The Morgan fingerprint density at radius 3 is 1.64 bits per heavy atom. The monoisotopic (exact) mass is 920 g/mol. The van der Waals surface area contributed by atoms with Crippen LogP contribution in [-0.2, 0) is 38.4 Å². The van der Waals surface area contributed by atoms with Crippen LogP contribution >= 0.6 is 0 Å². The largest absolute Gasteiger partial charge is 0.481 e. The van der Waals surface area contributed by atoms with E-state index in [0.717, 1.165) is 68.1 Å². The van der Waals surface area contributed by atoms with E-state index in [1.807, 2.05) is 34.1 Å². The number of hydrogen-bond acceptors (Lipinski definition) is 13. The third-order valence-electron chi connectivity index (χ3n) is 10.6. The van der Waals surface area contributed by atoms with Gasteiger partial charge in [0.2, 0.25) is 17.8 Å². The van der Waals surface area contributed by atoms with Crippen molar-refractivity contribution in [1.82, 2.24) is 39.7 Å². The first kappa shape index (κ1) is 48.6. The maximum absolute atomic E-state index is 13.3. The number of carbonyl (C=O) groups is 4. The van der Waals surface area contributed by atoms with Crippen molar-refractivity contribution in [2.45, 2.75) is 33.1 Å². The minimum absolute atomic E-state index is 0.0461. The smallest absolute Gasteiger partial charge is 0.307 e. The van der Waals surface area contributed by atoms with Crippen LogP contribution in [0.15, 0.2) is 110 Å². The minimum Gasteiger partial charge on any atom is -0.481 e. The number of aromatic nitrogens is 6. The molecule has 6 aromatic rings. The Morgan fingerprint density at radius 2 is 1.18 bits per heavy atom. The summed E-state index contributed by atoms with van der Waals surface area (Å²) in [5.41, 5.74) is 12.1. The average Bonchev–Trinajstić information content (AvgIpc) is 3.33. The summed E-state index contributed by atoms with van der Waals surface area (Å²) in [4.78, 5) is 77.9. The van der Waals surface area contributed by atoms with Crippen LogP contribution in [0.2, 0.25) is 0 Å². The minimum atomic E-state index is -1.00. The van der Waals surface area contributed by atoms with Crippen molar-refractivity contribution in [3.05, 3.63) is 139 Å². The fraction of sp³-hybridized carbons (Fsp3) is 0.292. The van der Waals surface area contributed by atoms with Crippen molar-refractivity contribution in [2.75, 3.05) is 75.0 Å². The Kier molecular flexibility index (Phi) is 18.2. The Bertz CT molecular complexity index is 2560. The lowest BCUT2D eigenvalue weighted by Crippen LogP contribution is -2.48. The summed E-state index contributed by atoms with van der Waals surface area (Å²) in [6.45, 7) is 9.42. The molecular weight excluding hydrogens is 868 g/mol. The SMILES string of the molecule is CC(=O)N1CCN(c2ccc(CC(=O)Cc3ccc(-c4ccnc(F)c4)nc3)nc2)CC1.CC(=O)N1CCN(c2ccc(N)nc2)CC1.O=C(O)Cc1ccc(-c2cncc(F)c2)nc1.[2H]CF. The summed E-state index contributed by atoms with van der Waals surface area (Å²) in [5.74, 6) is -1.06. The van der Waals surface area contributed by atoms with Gasteiger partial charge in [-0.15, -0.1) is 0 Å². The van der Waals surface area contributed by atoms with Gasteiger partial charge in [0.05, 0.1) is 56.3 Å². The number of amides is 2. The Labute approximate surface area is 387 Å². The molecule has 350 valence electrons. The maximum atomic E-state index is 13.3. The van der Waals surface area contributed by atoms with Gasteiger partial charge < -0.3 is 30.4 Å². The topological polar surface area (TPSA) is 205 Å². The molecule has 2 saturated heterocycles. The van der Waals surface area contributed by atoms with Crippen LogP contribution in [0.5, 0.6) is 0 Å². The van der Waals surface area contributed by atoms with Gasteiger partial charge in [0.1, 0.15) is 17.4 Å². The fourth-order valence-corrected chi connectivity index (χ4v) is 7.03. The van der Waals surface area contributed by atoms with E-state index < -0.39 is 24.9 Å². The molecule has 8 heterocycles. The van der Waals surface area contributed by atoms with Crippen molar-refractivity contribution in [3.63, 3.8) is 0 Å². The number of ketones is 1. The third-order valence-corrected chi connectivity index (χ3v) is 10.6. The van der Waals surface area contributed by atoms with Gasteiger partial charge in [-0.05, 0) is 59.7 Å². The number of pyridine rings is 6. The van der Waals surface area contributed by atoms with Crippen molar-refractivity contribution in [1.29, 1.82) is 0 Å². The van der Waals surface area contributed by atoms with E-state index in [1.165, 1.54) is 30.7 Å². The second kappa shape index (κ2) is 25.0. The molecule has 8 rings (SSSR count). The second-order valence-electron chi connectivity index (χ2n) is 15.3. The number of piperazine rings is 2. The van der Waals surface area contributed by atoms with Crippen molar-refractivity contribution >= 4 is 40.8 Å². The number of nitrogens with zero attached hydrogens (tertiary/aromatic N) is 10. The molecule has 3 N–H and O–H groups in total. The van der Waals surface area contributed by atoms with Crippen LogP contribution in [0.3, 0.4) is 0 Å². The molecule has 16 nitrogen and oxygen atoms in total. The Balaban J connectivity index is 0.000000202. The van der Waals surface area contributed by atoms with Crippen LogP contribution in [-0.4, -0.2) is 128 Å².